The summed E-state index contributed by atoms with van der Waals surface area (Å²) < 4.78 is 19.9. The van der Waals surface area contributed by atoms with Gasteiger partial charge in [0.2, 0.25) is 0 Å². The molecule has 0 bridgehead atoms. The second-order valence-corrected chi connectivity index (χ2v) is 8.76. The number of aromatic nitrogens is 2. The van der Waals surface area contributed by atoms with Crippen molar-refractivity contribution in [3.8, 4) is 17.1 Å². The molecule has 5 heteroatoms. The van der Waals surface area contributed by atoms with E-state index in [2.05, 4.69) is 23.8 Å². The summed E-state index contributed by atoms with van der Waals surface area (Å²) in [5.41, 5.74) is 3.00. The number of aryl methyl sites for hydroxylation is 2. The summed E-state index contributed by atoms with van der Waals surface area (Å²) in [7, 11) is 0. The molecule has 0 radical (unpaired) electrons. The molecule has 0 saturated carbocycles. The van der Waals surface area contributed by atoms with Gasteiger partial charge < -0.3 is 4.74 Å². The van der Waals surface area contributed by atoms with Crippen molar-refractivity contribution >= 4 is 5.97 Å². The van der Waals surface area contributed by atoms with Crippen LogP contribution in [-0.4, -0.2) is 15.9 Å². The summed E-state index contributed by atoms with van der Waals surface area (Å²) in [6, 6.07) is 11.6. The van der Waals surface area contributed by atoms with Gasteiger partial charge >= 0.3 is 5.97 Å². The molecule has 1 heterocycles. The van der Waals surface area contributed by atoms with Crippen LogP contribution in [0.1, 0.15) is 86.7 Å². The fraction of sp³-hybridized carbons (Fsp3) is 0.414. The zero-order chi connectivity index (χ0) is 24.2. The molecule has 0 amide bonds. The highest BCUT2D eigenvalue weighted by Crippen LogP contribution is 2.21. The van der Waals surface area contributed by atoms with Gasteiger partial charge in [0, 0.05) is 24.0 Å². The maximum Gasteiger partial charge on any atom is 0.343 e. The van der Waals surface area contributed by atoms with Crippen LogP contribution in [0.5, 0.6) is 5.75 Å². The highest BCUT2D eigenvalue weighted by molar-refractivity contribution is 5.91. The maximum atomic E-state index is 14.5. The van der Waals surface area contributed by atoms with Crippen molar-refractivity contribution < 1.29 is 13.9 Å². The van der Waals surface area contributed by atoms with E-state index in [0.29, 0.717) is 23.4 Å². The van der Waals surface area contributed by atoms with Crippen LogP contribution >= 0.6 is 0 Å². The van der Waals surface area contributed by atoms with Crippen molar-refractivity contribution in [1.29, 1.82) is 0 Å². The molecule has 0 saturated heterocycles. The Morgan fingerprint density at radius 2 is 1.50 bits per heavy atom. The second-order valence-electron chi connectivity index (χ2n) is 8.76. The Morgan fingerprint density at radius 1 is 0.824 bits per heavy atom. The van der Waals surface area contributed by atoms with Crippen molar-refractivity contribution in [2.24, 2.45) is 0 Å². The van der Waals surface area contributed by atoms with Gasteiger partial charge in [-0.05, 0) is 55.0 Å². The van der Waals surface area contributed by atoms with E-state index in [9.17, 15) is 9.18 Å². The molecule has 2 aromatic carbocycles. The molecular formula is C29H35FN2O2. The number of ether oxygens (including phenoxy) is 1. The first-order valence-electron chi connectivity index (χ1n) is 12.5. The molecule has 3 aromatic rings. The normalized spacial score (nSPS) is 10.9. The number of nitrogens with zero attached hydrogens (tertiary/aromatic N) is 2. The van der Waals surface area contributed by atoms with Crippen LogP contribution in [0, 0.1) is 5.82 Å². The number of halogens is 1. The van der Waals surface area contributed by atoms with E-state index in [4.69, 9.17) is 4.74 Å². The van der Waals surface area contributed by atoms with Crippen molar-refractivity contribution in [3.63, 3.8) is 0 Å². The minimum atomic E-state index is -0.523. The molecule has 1 aromatic heterocycles. The minimum absolute atomic E-state index is 0.212. The Kier molecular flexibility index (Phi) is 10.2. The predicted molar refractivity (Wildman–Crippen MR) is 135 cm³/mol. The smallest absolute Gasteiger partial charge is 0.343 e. The molecule has 3 rings (SSSR count). The lowest BCUT2D eigenvalue weighted by atomic mass is 10.0. The van der Waals surface area contributed by atoms with E-state index in [1.54, 1.807) is 36.4 Å². The summed E-state index contributed by atoms with van der Waals surface area (Å²) in [4.78, 5) is 21.4. The van der Waals surface area contributed by atoms with E-state index in [-0.39, 0.29) is 11.6 Å². The third-order valence-corrected chi connectivity index (χ3v) is 5.94. The Bertz CT molecular complexity index is 1030. The lowest BCUT2D eigenvalue weighted by Crippen LogP contribution is -2.09. The average Bonchev–Trinajstić information content (AvgIpc) is 2.86. The minimum Gasteiger partial charge on any atom is -0.423 e. The average molecular weight is 463 g/mol. The molecule has 0 unspecified atom stereocenters. The Labute approximate surface area is 202 Å². The number of esters is 1. The lowest BCUT2D eigenvalue weighted by molar-refractivity contribution is 0.0734. The molecule has 0 aliphatic carbocycles. The maximum absolute atomic E-state index is 14.5. The monoisotopic (exact) mass is 462 g/mol. The number of unbranched alkanes of at least 4 members (excludes halogenated alkanes) is 6. The first kappa shape index (κ1) is 25.5. The van der Waals surface area contributed by atoms with E-state index in [0.717, 1.165) is 43.2 Å². The van der Waals surface area contributed by atoms with Crippen LogP contribution in [0.25, 0.3) is 11.4 Å². The van der Waals surface area contributed by atoms with Crippen LogP contribution in [0.2, 0.25) is 0 Å². The van der Waals surface area contributed by atoms with E-state index >= 15 is 0 Å². The zero-order valence-electron chi connectivity index (χ0n) is 20.4. The zero-order valence-corrected chi connectivity index (χ0v) is 20.4. The van der Waals surface area contributed by atoms with E-state index in [1.807, 2.05) is 12.4 Å². The molecule has 0 spiro atoms. The van der Waals surface area contributed by atoms with Gasteiger partial charge in [-0.2, -0.15) is 0 Å². The van der Waals surface area contributed by atoms with E-state index in [1.165, 1.54) is 31.7 Å². The molecular weight excluding hydrogens is 427 g/mol. The van der Waals surface area contributed by atoms with Gasteiger partial charge in [0.15, 0.2) is 5.82 Å². The van der Waals surface area contributed by atoms with Crippen molar-refractivity contribution in [2.75, 3.05) is 0 Å². The SMILES string of the molecule is CCCCCCCCc1ccc(OC(=O)c2ccc(-c3ncc(CCCC)cn3)cc2)cc1F. The summed E-state index contributed by atoms with van der Waals surface area (Å²) >= 11 is 0. The van der Waals surface area contributed by atoms with Gasteiger partial charge in [0.25, 0.3) is 0 Å². The van der Waals surface area contributed by atoms with Crippen LogP contribution in [-0.2, 0) is 12.8 Å². The largest absolute Gasteiger partial charge is 0.423 e. The Hall–Kier alpha value is -3.08. The molecule has 0 aliphatic rings. The van der Waals surface area contributed by atoms with Crippen LogP contribution in [0.4, 0.5) is 4.39 Å². The van der Waals surface area contributed by atoms with Crippen molar-refractivity contribution in [2.45, 2.75) is 78.1 Å². The molecule has 0 N–H and O–H groups in total. The Balaban J connectivity index is 1.53. The number of hydrogen-bond acceptors (Lipinski definition) is 4. The van der Waals surface area contributed by atoms with Crippen LogP contribution in [0.3, 0.4) is 0 Å². The fourth-order valence-corrected chi connectivity index (χ4v) is 3.83. The van der Waals surface area contributed by atoms with Gasteiger partial charge in [0.1, 0.15) is 11.6 Å². The van der Waals surface area contributed by atoms with Gasteiger partial charge in [-0.3, -0.25) is 0 Å². The number of benzene rings is 2. The summed E-state index contributed by atoms with van der Waals surface area (Å²) in [5.74, 6) is -0.0216. The molecule has 0 atom stereocenters. The molecule has 0 fully saturated rings. The first-order valence-corrected chi connectivity index (χ1v) is 12.5. The Morgan fingerprint density at radius 3 is 2.18 bits per heavy atom. The summed E-state index contributed by atoms with van der Waals surface area (Å²) in [6.07, 6.45) is 14.6. The summed E-state index contributed by atoms with van der Waals surface area (Å²) in [5, 5.41) is 0. The second kappa shape index (κ2) is 13.6. The highest BCUT2D eigenvalue weighted by atomic mass is 19.1. The van der Waals surface area contributed by atoms with Crippen LogP contribution < -0.4 is 4.74 Å². The number of carbonyl (C=O) groups excluding carboxylic acids is 1. The van der Waals surface area contributed by atoms with Gasteiger partial charge in [-0.1, -0.05) is 70.6 Å². The van der Waals surface area contributed by atoms with Crippen molar-refractivity contribution in [1.82, 2.24) is 9.97 Å². The third kappa shape index (κ3) is 7.75. The first-order chi connectivity index (χ1) is 16.6. The molecule has 180 valence electrons. The molecule has 0 aliphatic heterocycles. The lowest BCUT2D eigenvalue weighted by Gasteiger charge is -2.08. The van der Waals surface area contributed by atoms with Crippen LogP contribution in [0.15, 0.2) is 54.9 Å². The van der Waals surface area contributed by atoms with E-state index < -0.39 is 5.97 Å². The number of hydrogen-bond donors (Lipinski definition) is 0. The quantitative estimate of drug-likeness (QED) is 0.148. The van der Waals surface area contributed by atoms with Gasteiger partial charge in [-0.15, -0.1) is 0 Å². The highest BCUT2D eigenvalue weighted by Gasteiger charge is 2.12. The summed E-state index contributed by atoms with van der Waals surface area (Å²) in [6.45, 7) is 4.35. The number of carbonyl (C=O) groups is 1. The molecule has 4 nitrogen and oxygen atoms in total. The number of rotatable bonds is 13. The topological polar surface area (TPSA) is 52.1 Å². The van der Waals surface area contributed by atoms with Gasteiger partial charge in [0.05, 0.1) is 5.56 Å². The standard InChI is InChI=1S/C29H35FN2O2/c1-3-5-7-8-9-10-12-23-17-18-26(19-27(23)30)34-29(33)25-15-13-24(14-16-25)28-31-20-22(21-32-28)11-6-4-2/h13-21H,3-12H2,1-2H3. The predicted octanol–water partition coefficient (Wildman–Crippen LogP) is 7.75. The van der Waals surface area contributed by atoms with Gasteiger partial charge in [-0.25, -0.2) is 19.2 Å². The molecule has 34 heavy (non-hydrogen) atoms. The third-order valence-electron chi connectivity index (χ3n) is 5.94. The van der Waals surface area contributed by atoms with Crippen molar-refractivity contribution in [3.05, 3.63) is 77.4 Å². The fourth-order valence-electron chi connectivity index (χ4n) is 3.83.